The number of nitrogens with two attached hydrogens (primary N) is 1. The molecule has 102 valence electrons. The fourth-order valence-electron chi connectivity index (χ4n) is 2.18. The lowest BCUT2D eigenvalue weighted by Crippen LogP contribution is -2.00. The first kappa shape index (κ1) is 12.5. The fourth-order valence-corrected chi connectivity index (χ4v) is 2.18. The zero-order valence-electron chi connectivity index (χ0n) is 11.4. The monoisotopic (exact) mass is 267 g/mol. The van der Waals surface area contributed by atoms with Crippen molar-refractivity contribution in [2.45, 2.75) is 20.0 Å². The molecule has 0 aliphatic carbocycles. The lowest BCUT2D eigenvalue weighted by Gasteiger charge is -2.07. The topological polar surface area (TPSA) is 61.7 Å². The van der Waals surface area contributed by atoms with E-state index in [-0.39, 0.29) is 0 Å². The minimum absolute atomic E-state index is 0.771. The van der Waals surface area contributed by atoms with Crippen LogP contribution in [0.5, 0.6) is 0 Å². The van der Waals surface area contributed by atoms with Gasteiger partial charge in [0.1, 0.15) is 0 Å². The fraction of sp³-hybridized carbons (Fsp3) is 0.200. The second kappa shape index (κ2) is 5.21. The zero-order chi connectivity index (χ0) is 13.9. The maximum Gasteiger partial charge on any atom is 0.0954 e. The Kier molecular flexibility index (Phi) is 3.25. The SMILES string of the molecule is CCn1cc(-c2cncn2Cc2ccc(N)cc2)cn1. The summed E-state index contributed by atoms with van der Waals surface area (Å²) >= 11 is 0. The van der Waals surface area contributed by atoms with Crippen molar-refractivity contribution in [1.82, 2.24) is 19.3 Å². The van der Waals surface area contributed by atoms with E-state index in [1.165, 1.54) is 5.56 Å². The van der Waals surface area contributed by atoms with Crippen LogP contribution in [-0.2, 0) is 13.1 Å². The van der Waals surface area contributed by atoms with Crippen molar-refractivity contribution in [2.24, 2.45) is 0 Å². The largest absolute Gasteiger partial charge is 0.399 e. The van der Waals surface area contributed by atoms with Crippen molar-refractivity contribution >= 4 is 5.69 Å². The average Bonchev–Trinajstić information content (AvgIpc) is 3.09. The van der Waals surface area contributed by atoms with Crippen molar-refractivity contribution in [1.29, 1.82) is 0 Å². The third-order valence-corrected chi connectivity index (χ3v) is 3.30. The molecule has 0 bridgehead atoms. The van der Waals surface area contributed by atoms with Crippen LogP contribution in [0.25, 0.3) is 11.3 Å². The van der Waals surface area contributed by atoms with Crippen LogP contribution in [0.15, 0.2) is 49.2 Å². The summed E-state index contributed by atoms with van der Waals surface area (Å²) in [5, 5.41) is 4.31. The molecule has 5 heteroatoms. The van der Waals surface area contributed by atoms with Gasteiger partial charge in [0.05, 0.1) is 24.4 Å². The number of aryl methyl sites for hydroxylation is 1. The van der Waals surface area contributed by atoms with E-state index in [2.05, 4.69) is 21.6 Å². The first-order valence-corrected chi connectivity index (χ1v) is 6.63. The number of anilines is 1. The van der Waals surface area contributed by atoms with E-state index < -0.39 is 0 Å². The van der Waals surface area contributed by atoms with Gasteiger partial charge in [0.15, 0.2) is 0 Å². The summed E-state index contributed by atoms with van der Waals surface area (Å²) in [6.45, 7) is 3.71. The number of nitrogens with zero attached hydrogens (tertiary/aromatic N) is 4. The molecular weight excluding hydrogens is 250 g/mol. The van der Waals surface area contributed by atoms with E-state index >= 15 is 0 Å². The predicted octanol–water partition coefficient (Wildman–Crippen LogP) is 2.40. The first-order chi connectivity index (χ1) is 9.76. The van der Waals surface area contributed by atoms with Gasteiger partial charge in [-0.1, -0.05) is 12.1 Å². The molecule has 0 aliphatic rings. The molecule has 0 atom stereocenters. The molecule has 0 fully saturated rings. The average molecular weight is 267 g/mol. The highest BCUT2D eigenvalue weighted by molar-refractivity contribution is 5.56. The Labute approximate surface area is 117 Å². The van der Waals surface area contributed by atoms with Gasteiger partial charge in [0.2, 0.25) is 0 Å². The smallest absolute Gasteiger partial charge is 0.0954 e. The van der Waals surface area contributed by atoms with Crippen molar-refractivity contribution < 1.29 is 0 Å². The molecule has 2 aromatic heterocycles. The Bertz CT molecular complexity index is 693. The lowest BCUT2D eigenvalue weighted by molar-refractivity contribution is 0.660. The molecule has 3 aromatic rings. The number of nitrogen functional groups attached to an aromatic ring is 1. The molecule has 20 heavy (non-hydrogen) atoms. The summed E-state index contributed by atoms with van der Waals surface area (Å²) in [7, 11) is 0. The minimum Gasteiger partial charge on any atom is -0.399 e. The van der Waals surface area contributed by atoms with E-state index in [0.29, 0.717) is 0 Å². The van der Waals surface area contributed by atoms with Crippen LogP contribution in [0.1, 0.15) is 12.5 Å². The summed E-state index contributed by atoms with van der Waals surface area (Å²) in [5.41, 5.74) is 9.84. The summed E-state index contributed by atoms with van der Waals surface area (Å²) in [4.78, 5) is 4.25. The van der Waals surface area contributed by atoms with Gasteiger partial charge < -0.3 is 10.3 Å². The lowest BCUT2D eigenvalue weighted by atomic mass is 10.2. The minimum atomic E-state index is 0.771. The predicted molar refractivity (Wildman–Crippen MR) is 79.1 cm³/mol. The van der Waals surface area contributed by atoms with Gasteiger partial charge in [-0.25, -0.2) is 4.98 Å². The van der Waals surface area contributed by atoms with Gasteiger partial charge >= 0.3 is 0 Å². The number of aromatic nitrogens is 4. The highest BCUT2D eigenvalue weighted by Crippen LogP contribution is 2.19. The Balaban J connectivity index is 1.88. The second-order valence-corrected chi connectivity index (χ2v) is 4.73. The standard InChI is InChI=1S/C15H17N5/c1-2-20-10-13(7-18-20)15-8-17-11-19(15)9-12-3-5-14(16)6-4-12/h3-8,10-11H,2,9,16H2,1H3. The van der Waals surface area contributed by atoms with Gasteiger partial charge in [-0.2, -0.15) is 5.10 Å². The van der Waals surface area contributed by atoms with Gasteiger partial charge in [0.25, 0.3) is 0 Å². The van der Waals surface area contributed by atoms with E-state index in [4.69, 9.17) is 5.73 Å². The van der Waals surface area contributed by atoms with Crippen LogP contribution in [0.3, 0.4) is 0 Å². The molecule has 3 rings (SSSR count). The normalized spacial score (nSPS) is 10.8. The molecule has 5 nitrogen and oxygen atoms in total. The van der Waals surface area contributed by atoms with Crippen LogP contribution in [0.4, 0.5) is 5.69 Å². The van der Waals surface area contributed by atoms with Crippen molar-refractivity contribution in [3.8, 4) is 11.3 Å². The Morgan fingerprint density at radius 3 is 2.65 bits per heavy atom. The number of rotatable bonds is 4. The van der Waals surface area contributed by atoms with Crippen molar-refractivity contribution in [3.05, 3.63) is 54.7 Å². The summed E-state index contributed by atoms with van der Waals surface area (Å²) < 4.78 is 4.03. The molecule has 0 aliphatic heterocycles. The Morgan fingerprint density at radius 2 is 1.95 bits per heavy atom. The molecule has 0 amide bonds. The van der Waals surface area contributed by atoms with Crippen molar-refractivity contribution in [2.75, 3.05) is 5.73 Å². The molecule has 0 saturated heterocycles. The molecule has 0 unspecified atom stereocenters. The summed E-state index contributed by atoms with van der Waals surface area (Å²) in [6.07, 6.45) is 7.62. The van der Waals surface area contributed by atoms with Gasteiger partial charge in [-0.3, -0.25) is 4.68 Å². The Morgan fingerprint density at radius 1 is 1.15 bits per heavy atom. The molecule has 0 spiro atoms. The highest BCUT2D eigenvalue weighted by atomic mass is 15.3. The Hall–Kier alpha value is -2.56. The quantitative estimate of drug-likeness (QED) is 0.738. The van der Waals surface area contributed by atoms with E-state index in [0.717, 1.165) is 30.0 Å². The van der Waals surface area contributed by atoms with E-state index in [1.54, 1.807) is 0 Å². The van der Waals surface area contributed by atoms with Gasteiger partial charge in [0, 0.05) is 30.5 Å². The molecule has 0 radical (unpaired) electrons. The third kappa shape index (κ3) is 2.42. The van der Waals surface area contributed by atoms with Crippen LogP contribution >= 0.6 is 0 Å². The number of hydrogen-bond donors (Lipinski definition) is 1. The van der Waals surface area contributed by atoms with Crippen LogP contribution in [-0.4, -0.2) is 19.3 Å². The molecule has 1 aromatic carbocycles. The summed E-state index contributed by atoms with van der Waals surface area (Å²) in [6, 6.07) is 7.91. The molecule has 0 saturated carbocycles. The zero-order valence-corrected chi connectivity index (χ0v) is 11.4. The van der Waals surface area contributed by atoms with Crippen LogP contribution in [0, 0.1) is 0 Å². The maximum atomic E-state index is 5.71. The van der Waals surface area contributed by atoms with Gasteiger partial charge in [-0.05, 0) is 24.6 Å². The molecule has 2 heterocycles. The number of imidazole rings is 1. The number of hydrogen-bond acceptors (Lipinski definition) is 3. The number of benzene rings is 1. The van der Waals surface area contributed by atoms with Crippen LogP contribution in [0.2, 0.25) is 0 Å². The summed E-state index contributed by atoms with van der Waals surface area (Å²) in [5.74, 6) is 0. The third-order valence-electron chi connectivity index (χ3n) is 3.30. The molecular formula is C15H17N5. The van der Waals surface area contributed by atoms with Crippen LogP contribution < -0.4 is 5.73 Å². The molecule has 2 N–H and O–H groups in total. The highest BCUT2D eigenvalue weighted by Gasteiger charge is 2.08. The van der Waals surface area contributed by atoms with Gasteiger partial charge in [-0.15, -0.1) is 0 Å². The van der Waals surface area contributed by atoms with Crippen molar-refractivity contribution in [3.63, 3.8) is 0 Å². The second-order valence-electron chi connectivity index (χ2n) is 4.73. The van der Waals surface area contributed by atoms with E-state index in [1.807, 2.05) is 53.9 Å². The first-order valence-electron chi connectivity index (χ1n) is 6.63. The van der Waals surface area contributed by atoms with E-state index in [9.17, 15) is 0 Å². The maximum absolute atomic E-state index is 5.71.